The van der Waals surface area contributed by atoms with E-state index in [4.69, 9.17) is 4.74 Å². The minimum atomic E-state index is -0.346. The second-order valence-corrected chi connectivity index (χ2v) is 6.88. The van der Waals surface area contributed by atoms with Crippen molar-refractivity contribution in [1.29, 1.82) is 0 Å². The van der Waals surface area contributed by atoms with E-state index in [1.165, 1.54) is 12.1 Å². The number of nitrogens with one attached hydrogen (secondary N) is 1. The van der Waals surface area contributed by atoms with Crippen LogP contribution < -0.4 is 5.32 Å². The van der Waals surface area contributed by atoms with Crippen LogP contribution in [0.1, 0.15) is 11.1 Å². The van der Waals surface area contributed by atoms with Crippen molar-refractivity contribution in [2.24, 2.45) is 0 Å². The van der Waals surface area contributed by atoms with E-state index >= 15 is 0 Å². The summed E-state index contributed by atoms with van der Waals surface area (Å²) in [5.41, 5.74) is 2.43. The van der Waals surface area contributed by atoms with E-state index in [0.29, 0.717) is 29.9 Å². The van der Waals surface area contributed by atoms with Crippen molar-refractivity contribution < 1.29 is 13.9 Å². The lowest BCUT2D eigenvalue weighted by atomic mass is 10.2. The summed E-state index contributed by atoms with van der Waals surface area (Å²) in [6.07, 6.45) is 6.32. The van der Waals surface area contributed by atoms with Gasteiger partial charge in [0, 0.05) is 12.3 Å². The Hall–Kier alpha value is -2.77. The van der Waals surface area contributed by atoms with E-state index in [1.807, 2.05) is 30.3 Å². The summed E-state index contributed by atoms with van der Waals surface area (Å²) < 4.78 is 20.9. The van der Waals surface area contributed by atoms with Crippen molar-refractivity contribution >= 4 is 33.6 Å². The first kappa shape index (κ1) is 20.0. The topological polar surface area (TPSA) is 56.2 Å². The van der Waals surface area contributed by atoms with Crippen molar-refractivity contribution in [3.05, 3.63) is 88.4 Å². The molecule has 0 aliphatic rings. The Kier molecular flexibility index (Phi) is 7.11. The van der Waals surface area contributed by atoms with Crippen LogP contribution in [0.2, 0.25) is 0 Å². The fraction of sp³-hybridized carbons (Fsp3) is 0.143. The molecule has 0 spiro atoms. The monoisotopic (exact) mass is 443 g/mol. The number of rotatable bonds is 8. The van der Waals surface area contributed by atoms with Crippen LogP contribution in [0.15, 0.2) is 71.5 Å². The fourth-order valence-corrected chi connectivity index (χ4v) is 2.84. The SMILES string of the molecule is O=C(/C=C/c1ccc(F)c(Br)c1)Nc1cnn(CCOCc2ccccc2)c1. The number of benzene rings is 2. The molecule has 0 aliphatic heterocycles. The molecule has 0 atom stereocenters. The van der Waals surface area contributed by atoms with Gasteiger partial charge in [-0.05, 0) is 45.3 Å². The third kappa shape index (κ3) is 6.14. The largest absolute Gasteiger partial charge is 0.375 e. The van der Waals surface area contributed by atoms with Gasteiger partial charge in [-0.2, -0.15) is 5.10 Å². The normalized spacial score (nSPS) is 11.1. The number of nitrogens with zero attached hydrogens (tertiary/aromatic N) is 2. The van der Waals surface area contributed by atoms with Gasteiger partial charge in [-0.15, -0.1) is 0 Å². The highest BCUT2D eigenvalue weighted by Gasteiger charge is 2.03. The van der Waals surface area contributed by atoms with E-state index in [1.54, 1.807) is 35.3 Å². The molecular formula is C21H19BrFN3O2. The van der Waals surface area contributed by atoms with Gasteiger partial charge in [0.1, 0.15) is 5.82 Å². The van der Waals surface area contributed by atoms with Gasteiger partial charge in [-0.1, -0.05) is 36.4 Å². The molecule has 144 valence electrons. The van der Waals surface area contributed by atoms with Crippen LogP contribution in [0, 0.1) is 5.82 Å². The van der Waals surface area contributed by atoms with Crippen LogP contribution in [0.25, 0.3) is 6.08 Å². The lowest BCUT2D eigenvalue weighted by molar-refractivity contribution is -0.111. The molecule has 3 rings (SSSR count). The van der Waals surface area contributed by atoms with Crippen LogP contribution in [0.5, 0.6) is 0 Å². The molecule has 1 aromatic heterocycles. The number of carbonyl (C=O) groups excluding carboxylic acids is 1. The maximum absolute atomic E-state index is 13.2. The number of anilines is 1. The van der Waals surface area contributed by atoms with Crippen LogP contribution in [-0.4, -0.2) is 22.3 Å². The van der Waals surface area contributed by atoms with Crippen molar-refractivity contribution in [3.63, 3.8) is 0 Å². The Morgan fingerprint density at radius 2 is 2.07 bits per heavy atom. The predicted molar refractivity (Wildman–Crippen MR) is 110 cm³/mol. The first-order valence-electron chi connectivity index (χ1n) is 8.68. The number of carbonyl (C=O) groups is 1. The van der Waals surface area contributed by atoms with E-state index in [-0.39, 0.29) is 11.7 Å². The molecule has 0 saturated carbocycles. The number of amides is 1. The Balaban J connectivity index is 1.43. The smallest absolute Gasteiger partial charge is 0.248 e. The van der Waals surface area contributed by atoms with Crippen LogP contribution >= 0.6 is 15.9 Å². The molecule has 0 aliphatic carbocycles. The number of hydrogen-bond acceptors (Lipinski definition) is 3. The van der Waals surface area contributed by atoms with Crippen LogP contribution in [-0.2, 0) is 22.7 Å². The highest BCUT2D eigenvalue weighted by Crippen LogP contribution is 2.17. The summed E-state index contributed by atoms with van der Waals surface area (Å²) in [4.78, 5) is 12.0. The minimum absolute atomic E-state index is 0.291. The highest BCUT2D eigenvalue weighted by atomic mass is 79.9. The summed E-state index contributed by atoms with van der Waals surface area (Å²) in [7, 11) is 0. The second-order valence-electron chi connectivity index (χ2n) is 6.03. The van der Waals surface area contributed by atoms with Crippen LogP contribution in [0.3, 0.4) is 0 Å². The summed E-state index contributed by atoms with van der Waals surface area (Å²) >= 11 is 3.12. The number of aromatic nitrogens is 2. The standard InChI is InChI=1S/C21H19BrFN3O2/c22-19-12-16(6-8-20(19)23)7-9-21(27)25-18-13-24-26(14-18)10-11-28-15-17-4-2-1-3-5-17/h1-9,12-14H,10-11,15H2,(H,25,27)/b9-7+. The van der Waals surface area contributed by atoms with Crippen molar-refractivity contribution in [2.45, 2.75) is 13.2 Å². The lowest BCUT2D eigenvalue weighted by Crippen LogP contribution is -2.08. The van der Waals surface area contributed by atoms with E-state index in [2.05, 4.69) is 26.3 Å². The van der Waals surface area contributed by atoms with Gasteiger partial charge in [-0.25, -0.2) is 4.39 Å². The molecular weight excluding hydrogens is 425 g/mol. The molecule has 28 heavy (non-hydrogen) atoms. The molecule has 7 heteroatoms. The molecule has 0 fully saturated rings. The molecule has 1 N–H and O–H groups in total. The maximum Gasteiger partial charge on any atom is 0.248 e. The molecule has 0 radical (unpaired) electrons. The number of halogens is 2. The van der Waals surface area contributed by atoms with Gasteiger partial charge in [0.25, 0.3) is 0 Å². The fourth-order valence-electron chi connectivity index (χ4n) is 2.44. The maximum atomic E-state index is 13.2. The molecule has 5 nitrogen and oxygen atoms in total. The van der Waals surface area contributed by atoms with Gasteiger partial charge < -0.3 is 10.1 Å². The zero-order valence-corrected chi connectivity index (χ0v) is 16.6. The zero-order valence-electron chi connectivity index (χ0n) is 15.0. The zero-order chi connectivity index (χ0) is 19.8. The molecule has 0 saturated heterocycles. The van der Waals surface area contributed by atoms with E-state index in [9.17, 15) is 9.18 Å². The predicted octanol–water partition coefficient (Wildman–Crippen LogP) is 4.65. The molecule has 1 heterocycles. The Bertz CT molecular complexity index is 957. The first-order valence-corrected chi connectivity index (χ1v) is 9.48. The van der Waals surface area contributed by atoms with Gasteiger partial charge >= 0.3 is 0 Å². The van der Waals surface area contributed by atoms with Gasteiger partial charge in [0.15, 0.2) is 0 Å². The quantitative estimate of drug-likeness (QED) is 0.407. The summed E-state index contributed by atoms with van der Waals surface area (Å²) in [5, 5.41) is 6.94. The minimum Gasteiger partial charge on any atom is -0.375 e. The molecule has 0 bridgehead atoms. The average molecular weight is 444 g/mol. The van der Waals surface area contributed by atoms with Crippen molar-refractivity contribution in [3.8, 4) is 0 Å². The Morgan fingerprint density at radius 1 is 1.25 bits per heavy atom. The first-order chi connectivity index (χ1) is 13.6. The van der Waals surface area contributed by atoms with Crippen molar-refractivity contribution in [2.75, 3.05) is 11.9 Å². The highest BCUT2D eigenvalue weighted by molar-refractivity contribution is 9.10. The summed E-state index contributed by atoms with van der Waals surface area (Å²) in [5.74, 6) is -0.637. The third-order valence-electron chi connectivity index (χ3n) is 3.85. The van der Waals surface area contributed by atoms with E-state index < -0.39 is 0 Å². The lowest BCUT2D eigenvalue weighted by Gasteiger charge is -2.04. The van der Waals surface area contributed by atoms with Gasteiger partial charge in [-0.3, -0.25) is 9.48 Å². The number of ether oxygens (including phenoxy) is 1. The Morgan fingerprint density at radius 3 is 2.86 bits per heavy atom. The molecule has 1 amide bonds. The molecule has 2 aromatic carbocycles. The summed E-state index contributed by atoms with van der Waals surface area (Å²) in [6, 6.07) is 14.5. The van der Waals surface area contributed by atoms with Crippen LogP contribution in [0.4, 0.5) is 10.1 Å². The molecule has 0 unspecified atom stereocenters. The number of hydrogen-bond donors (Lipinski definition) is 1. The third-order valence-corrected chi connectivity index (χ3v) is 4.46. The Labute approximate surface area is 171 Å². The second kappa shape index (κ2) is 9.96. The molecule has 3 aromatic rings. The van der Waals surface area contributed by atoms with Gasteiger partial charge in [0.2, 0.25) is 5.91 Å². The van der Waals surface area contributed by atoms with Crippen molar-refractivity contribution in [1.82, 2.24) is 9.78 Å². The van der Waals surface area contributed by atoms with E-state index in [0.717, 1.165) is 11.1 Å². The average Bonchev–Trinajstić information content (AvgIpc) is 3.14. The summed E-state index contributed by atoms with van der Waals surface area (Å²) in [6.45, 7) is 1.65. The van der Waals surface area contributed by atoms with Gasteiger partial charge in [0.05, 0.1) is 36.1 Å².